The maximum Gasteiger partial charge on any atom is 0.322 e. The lowest BCUT2D eigenvalue weighted by molar-refractivity contribution is 0.381. The Morgan fingerprint density at radius 1 is 1.50 bits per heavy atom. The first-order valence-electron chi connectivity index (χ1n) is 1.03. The van der Waals surface area contributed by atoms with Gasteiger partial charge in [-0.2, -0.15) is 0 Å². The molecule has 0 bridgehead atoms. The average molecular weight is 116 g/mol. The molecule has 0 saturated heterocycles. The fraction of sp³-hybridized carbons (Fsp3) is 1.00. The van der Waals surface area contributed by atoms with Crippen molar-refractivity contribution in [1.29, 1.82) is 0 Å². The predicted octanol–water partition coefficient (Wildman–Crippen LogP) is -0.0536. The molecular formula is CH6FO3P. The first kappa shape index (κ1) is 9.43. The summed E-state index contributed by atoms with van der Waals surface area (Å²) in [6, 6.07) is 0. The molecule has 40 valence electrons. The van der Waals surface area contributed by atoms with Crippen molar-refractivity contribution < 1.29 is 19.1 Å². The van der Waals surface area contributed by atoms with E-state index in [4.69, 9.17) is 9.79 Å². The summed E-state index contributed by atoms with van der Waals surface area (Å²) in [4.78, 5) is 15.3. The Morgan fingerprint density at radius 3 is 1.50 bits per heavy atom. The standard InChI is InChI=1S/CH5O3P.FH/c1-5(2,3)4;/h1H3,(H2,2,3,4);1H. The Kier molecular flexibility index (Phi) is 3.59. The SMILES string of the molecule is CP(=O)(O)O.F. The summed E-state index contributed by atoms with van der Waals surface area (Å²) in [5, 5.41) is 0. The van der Waals surface area contributed by atoms with E-state index < -0.39 is 7.60 Å². The molecule has 0 atom stereocenters. The van der Waals surface area contributed by atoms with E-state index in [0.29, 0.717) is 0 Å². The van der Waals surface area contributed by atoms with Crippen molar-refractivity contribution in [2.24, 2.45) is 0 Å². The van der Waals surface area contributed by atoms with Gasteiger partial charge in [-0.05, 0) is 0 Å². The summed E-state index contributed by atoms with van der Waals surface area (Å²) in [6.07, 6.45) is 0. The van der Waals surface area contributed by atoms with Gasteiger partial charge in [0, 0.05) is 6.66 Å². The first-order chi connectivity index (χ1) is 2.00. The molecule has 0 rings (SSSR count). The molecule has 5 heteroatoms. The topological polar surface area (TPSA) is 57.5 Å². The van der Waals surface area contributed by atoms with Gasteiger partial charge in [0.1, 0.15) is 0 Å². The summed E-state index contributed by atoms with van der Waals surface area (Å²) < 4.78 is 9.33. The second-order valence-corrected chi connectivity index (χ2v) is 2.51. The van der Waals surface area contributed by atoms with Crippen molar-refractivity contribution in [2.45, 2.75) is 0 Å². The lowest BCUT2D eigenvalue weighted by atomic mass is 12.0. The smallest absolute Gasteiger partial charge is 0.322 e. The fourth-order valence-corrected chi connectivity index (χ4v) is 0. The highest BCUT2D eigenvalue weighted by atomic mass is 31.2. The zero-order valence-corrected chi connectivity index (χ0v) is 4.05. The highest BCUT2D eigenvalue weighted by Crippen LogP contribution is 2.26. The monoisotopic (exact) mass is 116 g/mol. The van der Waals surface area contributed by atoms with Crippen LogP contribution in [0.2, 0.25) is 0 Å². The lowest BCUT2D eigenvalue weighted by Crippen LogP contribution is -1.64. The third-order valence-corrected chi connectivity index (χ3v) is 0. The van der Waals surface area contributed by atoms with Gasteiger partial charge in [-0.1, -0.05) is 0 Å². The van der Waals surface area contributed by atoms with Gasteiger partial charge in [0.05, 0.1) is 0 Å². The molecule has 6 heavy (non-hydrogen) atoms. The largest absolute Gasteiger partial charge is 0.325 e. The predicted molar refractivity (Wildman–Crippen MR) is 20.5 cm³/mol. The van der Waals surface area contributed by atoms with E-state index in [9.17, 15) is 4.57 Å². The summed E-state index contributed by atoms with van der Waals surface area (Å²) in [6.45, 7) is 0.854. The summed E-state index contributed by atoms with van der Waals surface area (Å²) in [5.41, 5.74) is 0. The molecule has 0 aliphatic rings. The van der Waals surface area contributed by atoms with E-state index in [0.717, 1.165) is 6.66 Å². The van der Waals surface area contributed by atoms with E-state index in [-0.39, 0.29) is 4.70 Å². The van der Waals surface area contributed by atoms with Crippen molar-refractivity contribution >= 4 is 7.60 Å². The van der Waals surface area contributed by atoms with Crippen LogP contribution in [-0.2, 0) is 4.57 Å². The Hall–Kier alpha value is 0.0800. The normalized spacial score (nSPS) is 9.83. The molecule has 0 heterocycles. The molecule has 0 aromatic carbocycles. The molecule has 0 aliphatic heterocycles. The lowest BCUT2D eigenvalue weighted by Gasteiger charge is -1.84. The van der Waals surface area contributed by atoms with Gasteiger partial charge >= 0.3 is 7.60 Å². The van der Waals surface area contributed by atoms with Crippen LogP contribution in [0.15, 0.2) is 0 Å². The third kappa shape index (κ3) is 6050. The van der Waals surface area contributed by atoms with Gasteiger partial charge in [0.25, 0.3) is 0 Å². The zero-order chi connectivity index (χ0) is 4.50. The Labute approximate surface area is 34.5 Å². The summed E-state index contributed by atoms with van der Waals surface area (Å²) in [7, 11) is -3.64. The van der Waals surface area contributed by atoms with Gasteiger partial charge in [-0.3, -0.25) is 9.27 Å². The Morgan fingerprint density at radius 2 is 1.50 bits per heavy atom. The average Bonchev–Trinajstić information content (AvgIpc) is 0.722. The van der Waals surface area contributed by atoms with Crippen LogP contribution in [0.3, 0.4) is 0 Å². The second kappa shape index (κ2) is 2.29. The molecule has 0 saturated carbocycles. The van der Waals surface area contributed by atoms with E-state index >= 15 is 0 Å². The van der Waals surface area contributed by atoms with Gasteiger partial charge < -0.3 is 9.79 Å². The van der Waals surface area contributed by atoms with Crippen molar-refractivity contribution in [3.05, 3.63) is 0 Å². The summed E-state index contributed by atoms with van der Waals surface area (Å²) >= 11 is 0. The Bertz CT molecular complexity index is 56.9. The van der Waals surface area contributed by atoms with Crippen LogP contribution in [0, 0.1) is 0 Å². The van der Waals surface area contributed by atoms with Crippen molar-refractivity contribution in [1.82, 2.24) is 0 Å². The molecule has 2 N–H and O–H groups in total. The first-order valence-corrected chi connectivity index (χ1v) is 3.09. The molecule has 0 aromatic rings. The number of halogens is 1. The van der Waals surface area contributed by atoms with E-state index in [2.05, 4.69) is 0 Å². The minimum Gasteiger partial charge on any atom is -0.325 e. The zero-order valence-electron chi connectivity index (χ0n) is 3.16. The van der Waals surface area contributed by atoms with E-state index in [1.54, 1.807) is 0 Å². The minimum atomic E-state index is -3.64. The van der Waals surface area contributed by atoms with Crippen LogP contribution in [-0.4, -0.2) is 16.5 Å². The molecule has 0 unspecified atom stereocenters. The van der Waals surface area contributed by atoms with Crippen molar-refractivity contribution in [2.75, 3.05) is 6.66 Å². The highest BCUT2D eigenvalue weighted by molar-refractivity contribution is 7.50. The van der Waals surface area contributed by atoms with Gasteiger partial charge in [-0.25, -0.2) is 0 Å². The quantitative estimate of drug-likeness (QED) is 0.436. The molecule has 0 fully saturated rings. The van der Waals surface area contributed by atoms with Gasteiger partial charge in [0.2, 0.25) is 0 Å². The maximum absolute atomic E-state index is 9.33. The summed E-state index contributed by atoms with van der Waals surface area (Å²) in [5.74, 6) is 0. The van der Waals surface area contributed by atoms with Gasteiger partial charge in [-0.15, -0.1) is 0 Å². The van der Waals surface area contributed by atoms with Crippen molar-refractivity contribution in [3.63, 3.8) is 0 Å². The maximum atomic E-state index is 9.33. The van der Waals surface area contributed by atoms with Gasteiger partial charge in [0.15, 0.2) is 0 Å². The van der Waals surface area contributed by atoms with Crippen LogP contribution in [0.5, 0.6) is 0 Å². The minimum absolute atomic E-state index is 0. The number of hydrogen-bond acceptors (Lipinski definition) is 1. The third-order valence-electron chi connectivity index (χ3n) is 0. The number of hydrogen-bond donors (Lipinski definition) is 2. The number of rotatable bonds is 0. The van der Waals surface area contributed by atoms with Crippen molar-refractivity contribution in [3.8, 4) is 0 Å². The molecular weight excluding hydrogens is 110 g/mol. The molecule has 0 spiro atoms. The van der Waals surface area contributed by atoms with E-state index in [1.807, 2.05) is 0 Å². The van der Waals surface area contributed by atoms with Crippen LogP contribution in [0.1, 0.15) is 0 Å². The molecule has 0 radical (unpaired) electrons. The second-order valence-electron chi connectivity index (χ2n) is 0.835. The highest BCUT2D eigenvalue weighted by Gasteiger charge is 1.95. The van der Waals surface area contributed by atoms with Crippen LogP contribution in [0.4, 0.5) is 4.70 Å². The van der Waals surface area contributed by atoms with Crippen LogP contribution < -0.4 is 0 Å². The molecule has 0 aliphatic carbocycles. The van der Waals surface area contributed by atoms with E-state index in [1.165, 1.54) is 0 Å². The Balaban J connectivity index is 0. The molecule has 0 aromatic heterocycles. The molecule has 0 amide bonds. The fourth-order valence-electron chi connectivity index (χ4n) is 0. The molecule has 3 nitrogen and oxygen atoms in total. The van der Waals surface area contributed by atoms with Crippen LogP contribution in [0.25, 0.3) is 0 Å². The van der Waals surface area contributed by atoms with Crippen LogP contribution >= 0.6 is 7.60 Å².